The molecule has 2 aliphatic carbocycles. The molecule has 0 unspecified atom stereocenters. The first-order chi connectivity index (χ1) is 11.6. The average molecular weight is 328 g/mol. The molecule has 1 aromatic rings. The highest BCUT2D eigenvalue weighted by Gasteiger charge is 2.50. The van der Waals surface area contributed by atoms with Gasteiger partial charge in [0.05, 0.1) is 25.0 Å². The second kappa shape index (κ2) is 6.20. The molecule has 5 nitrogen and oxygen atoms in total. The van der Waals surface area contributed by atoms with Crippen LogP contribution in [0.1, 0.15) is 42.9 Å². The molecule has 0 saturated heterocycles. The van der Waals surface area contributed by atoms with Crippen molar-refractivity contribution < 1.29 is 14.3 Å². The van der Waals surface area contributed by atoms with Crippen LogP contribution < -0.4 is 11.1 Å². The van der Waals surface area contributed by atoms with Gasteiger partial charge in [0.2, 0.25) is 11.8 Å². The molecular weight excluding hydrogens is 304 g/mol. The Morgan fingerprint density at radius 3 is 2.83 bits per heavy atom. The zero-order valence-corrected chi connectivity index (χ0v) is 13.7. The van der Waals surface area contributed by atoms with Gasteiger partial charge < -0.3 is 15.8 Å². The fourth-order valence-corrected chi connectivity index (χ4v) is 4.97. The van der Waals surface area contributed by atoms with Crippen molar-refractivity contribution in [3.63, 3.8) is 0 Å². The molecule has 2 amide bonds. The quantitative estimate of drug-likeness (QED) is 0.883. The SMILES string of the molecule is NC(=O)[C@@H]1[C@H]2CC[C@@H](C2)[C@@H]1NC(=O)C[C@@H]1OCCc2ccccc21. The van der Waals surface area contributed by atoms with Gasteiger partial charge in [0.1, 0.15) is 0 Å². The number of amides is 2. The highest BCUT2D eigenvalue weighted by atomic mass is 16.5. The third-order valence-corrected chi connectivity index (χ3v) is 6.04. The first-order valence-corrected chi connectivity index (χ1v) is 8.91. The summed E-state index contributed by atoms with van der Waals surface area (Å²) in [6, 6.07) is 8.05. The molecule has 3 aliphatic rings. The van der Waals surface area contributed by atoms with Gasteiger partial charge >= 0.3 is 0 Å². The third-order valence-electron chi connectivity index (χ3n) is 6.04. The van der Waals surface area contributed by atoms with Crippen LogP contribution in [0, 0.1) is 17.8 Å². The van der Waals surface area contributed by atoms with Crippen molar-refractivity contribution in [3.05, 3.63) is 35.4 Å². The fraction of sp³-hybridized carbons (Fsp3) is 0.579. The van der Waals surface area contributed by atoms with Crippen molar-refractivity contribution in [1.82, 2.24) is 5.32 Å². The van der Waals surface area contributed by atoms with Crippen molar-refractivity contribution in [1.29, 1.82) is 0 Å². The molecule has 24 heavy (non-hydrogen) atoms. The third kappa shape index (κ3) is 2.71. The van der Waals surface area contributed by atoms with Crippen LogP contribution in [-0.2, 0) is 20.7 Å². The van der Waals surface area contributed by atoms with E-state index >= 15 is 0 Å². The summed E-state index contributed by atoms with van der Waals surface area (Å²) in [5.74, 6) is 0.236. The van der Waals surface area contributed by atoms with E-state index in [1.54, 1.807) is 0 Å². The number of carbonyl (C=O) groups is 2. The molecule has 1 heterocycles. The van der Waals surface area contributed by atoms with Gasteiger partial charge in [-0.1, -0.05) is 24.3 Å². The van der Waals surface area contributed by atoms with Gasteiger partial charge in [-0.2, -0.15) is 0 Å². The number of hydrogen-bond donors (Lipinski definition) is 2. The Morgan fingerprint density at radius 2 is 2.00 bits per heavy atom. The number of rotatable bonds is 4. The van der Waals surface area contributed by atoms with Gasteiger partial charge in [0.25, 0.3) is 0 Å². The number of fused-ring (bicyclic) bond motifs is 3. The largest absolute Gasteiger partial charge is 0.373 e. The van der Waals surface area contributed by atoms with Crippen molar-refractivity contribution in [2.24, 2.45) is 23.5 Å². The van der Waals surface area contributed by atoms with Crippen molar-refractivity contribution in [2.75, 3.05) is 6.61 Å². The predicted molar refractivity (Wildman–Crippen MR) is 88.9 cm³/mol. The summed E-state index contributed by atoms with van der Waals surface area (Å²) in [6.45, 7) is 0.646. The monoisotopic (exact) mass is 328 g/mol. The Balaban J connectivity index is 1.43. The fourth-order valence-electron chi connectivity index (χ4n) is 4.97. The molecule has 5 atom stereocenters. The minimum Gasteiger partial charge on any atom is -0.373 e. The van der Waals surface area contributed by atoms with Crippen molar-refractivity contribution >= 4 is 11.8 Å². The molecule has 0 radical (unpaired) electrons. The van der Waals surface area contributed by atoms with Gasteiger partial charge in [-0.25, -0.2) is 0 Å². The highest BCUT2D eigenvalue weighted by molar-refractivity contribution is 5.81. The van der Waals surface area contributed by atoms with Crippen LogP contribution in [0.5, 0.6) is 0 Å². The maximum absolute atomic E-state index is 12.6. The van der Waals surface area contributed by atoms with Crippen LogP contribution >= 0.6 is 0 Å². The van der Waals surface area contributed by atoms with Crippen LogP contribution in [0.2, 0.25) is 0 Å². The normalized spacial score (nSPS) is 33.9. The summed E-state index contributed by atoms with van der Waals surface area (Å²) in [4.78, 5) is 24.4. The zero-order chi connectivity index (χ0) is 16.7. The van der Waals surface area contributed by atoms with E-state index in [9.17, 15) is 9.59 Å². The lowest BCUT2D eigenvalue weighted by Crippen LogP contribution is -2.49. The van der Waals surface area contributed by atoms with E-state index in [1.165, 1.54) is 5.56 Å². The number of nitrogens with two attached hydrogens (primary N) is 1. The lowest BCUT2D eigenvalue weighted by molar-refractivity contribution is -0.128. The Bertz CT molecular complexity index is 660. The molecule has 2 bridgehead atoms. The van der Waals surface area contributed by atoms with Gasteiger partial charge in [0.15, 0.2) is 0 Å². The number of hydrogen-bond acceptors (Lipinski definition) is 3. The molecule has 5 heteroatoms. The van der Waals surface area contributed by atoms with Gasteiger partial charge in [-0.05, 0) is 48.6 Å². The number of ether oxygens (including phenoxy) is 1. The first-order valence-electron chi connectivity index (χ1n) is 8.91. The van der Waals surface area contributed by atoms with Crippen molar-refractivity contribution in [2.45, 2.75) is 44.2 Å². The smallest absolute Gasteiger partial charge is 0.223 e. The summed E-state index contributed by atoms with van der Waals surface area (Å²) >= 11 is 0. The topological polar surface area (TPSA) is 81.4 Å². The van der Waals surface area contributed by atoms with E-state index in [0.29, 0.717) is 24.9 Å². The minimum atomic E-state index is -0.272. The van der Waals surface area contributed by atoms with Gasteiger partial charge in [0, 0.05) is 6.04 Å². The van der Waals surface area contributed by atoms with Crippen LogP contribution in [-0.4, -0.2) is 24.5 Å². The predicted octanol–water partition coefficient (Wildman–Crippen LogP) is 1.71. The standard InChI is InChI=1S/C19H24N2O3/c20-19(23)17-12-5-6-13(9-12)18(17)21-16(22)10-15-14-4-2-1-3-11(14)7-8-24-15/h1-4,12-13,15,17-18H,5-10H2,(H2,20,23)(H,21,22)/t12-,13-,15-,17+,18-/m0/s1. The summed E-state index contributed by atoms with van der Waals surface area (Å²) in [6.07, 6.45) is 4.16. The summed E-state index contributed by atoms with van der Waals surface area (Å²) in [7, 11) is 0. The van der Waals surface area contributed by atoms with Crippen molar-refractivity contribution in [3.8, 4) is 0 Å². The second-order valence-corrected chi connectivity index (χ2v) is 7.37. The highest BCUT2D eigenvalue weighted by Crippen LogP contribution is 2.48. The second-order valence-electron chi connectivity index (χ2n) is 7.37. The lowest BCUT2D eigenvalue weighted by Gasteiger charge is -2.31. The van der Waals surface area contributed by atoms with Crippen LogP contribution in [0.15, 0.2) is 24.3 Å². The summed E-state index contributed by atoms with van der Waals surface area (Å²) in [5.41, 5.74) is 7.95. The van der Waals surface area contributed by atoms with Crippen LogP contribution in [0.3, 0.4) is 0 Å². The van der Waals surface area contributed by atoms with Gasteiger partial charge in [-0.15, -0.1) is 0 Å². The van der Waals surface area contributed by atoms with E-state index in [1.807, 2.05) is 18.2 Å². The molecule has 2 fully saturated rings. The average Bonchev–Trinajstić information content (AvgIpc) is 3.16. The Labute approximate surface area is 141 Å². The van der Waals surface area contributed by atoms with E-state index < -0.39 is 0 Å². The maximum atomic E-state index is 12.6. The molecule has 0 spiro atoms. The minimum absolute atomic E-state index is 0.0412. The van der Waals surface area contributed by atoms with E-state index in [2.05, 4.69) is 11.4 Å². The maximum Gasteiger partial charge on any atom is 0.223 e. The van der Waals surface area contributed by atoms with E-state index in [4.69, 9.17) is 10.5 Å². The molecule has 1 aromatic carbocycles. The van der Waals surface area contributed by atoms with E-state index in [0.717, 1.165) is 31.2 Å². The number of benzene rings is 1. The number of carbonyl (C=O) groups excluding carboxylic acids is 2. The number of nitrogens with one attached hydrogen (secondary N) is 1. The van der Waals surface area contributed by atoms with Crippen LogP contribution in [0.4, 0.5) is 0 Å². The Morgan fingerprint density at radius 1 is 1.21 bits per heavy atom. The molecule has 4 rings (SSSR count). The first kappa shape index (κ1) is 15.6. The summed E-state index contributed by atoms with van der Waals surface area (Å²) < 4.78 is 5.82. The molecule has 0 aromatic heterocycles. The van der Waals surface area contributed by atoms with E-state index in [-0.39, 0.29) is 29.9 Å². The molecule has 2 saturated carbocycles. The molecular formula is C19H24N2O3. The molecule has 128 valence electrons. The lowest BCUT2D eigenvalue weighted by atomic mass is 9.83. The Hall–Kier alpha value is -1.88. The molecule has 3 N–H and O–H groups in total. The summed E-state index contributed by atoms with van der Waals surface area (Å²) in [5, 5.41) is 3.10. The Kier molecular flexibility index (Phi) is 4.04. The molecule has 1 aliphatic heterocycles. The van der Waals surface area contributed by atoms with Crippen LogP contribution in [0.25, 0.3) is 0 Å². The van der Waals surface area contributed by atoms with Gasteiger partial charge in [-0.3, -0.25) is 9.59 Å². The number of primary amides is 1. The zero-order valence-electron chi connectivity index (χ0n) is 13.7.